The fraction of sp³-hybridized carbons (Fsp3) is 0.261. The van der Waals surface area contributed by atoms with E-state index in [1.165, 1.54) is 9.58 Å². The lowest BCUT2D eigenvalue weighted by molar-refractivity contribution is 0.0686. The van der Waals surface area contributed by atoms with Crippen LogP contribution >= 0.6 is 23.2 Å². The number of likely N-dealkylation sites (N-methyl/N-ethyl adjacent to an activating group) is 1. The van der Waals surface area contributed by atoms with E-state index in [9.17, 15) is 14.7 Å². The highest BCUT2D eigenvalue weighted by atomic mass is 35.5. The largest absolute Gasteiger partial charge is 0.502 e. The third kappa shape index (κ3) is 3.22. The predicted molar refractivity (Wildman–Crippen MR) is 118 cm³/mol. The number of rotatable bonds is 1. The Balaban J connectivity index is 1.81. The molecule has 8 heteroatoms. The molecule has 1 atom stereocenters. The maximum atomic E-state index is 12.8. The molecule has 5 rings (SSSR count). The summed E-state index contributed by atoms with van der Waals surface area (Å²) in [6.07, 6.45) is 2.74. The third-order valence-electron chi connectivity index (χ3n) is 6.24. The number of benzene rings is 2. The number of halogens is 2. The van der Waals surface area contributed by atoms with Crippen molar-refractivity contribution in [1.82, 2.24) is 14.7 Å². The van der Waals surface area contributed by atoms with Gasteiger partial charge in [-0.25, -0.2) is 0 Å². The van der Waals surface area contributed by atoms with Gasteiger partial charge in [-0.1, -0.05) is 35.3 Å². The van der Waals surface area contributed by atoms with Gasteiger partial charge in [0.05, 0.1) is 12.2 Å². The van der Waals surface area contributed by atoms with Crippen molar-refractivity contribution >= 4 is 29.1 Å². The predicted octanol–water partition coefficient (Wildman–Crippen LogP) is 3.81. The highest BCUT2D eigenvalue weighted by Gasteiger charge is 2.40. The van der Waals surface area contributed by atoms with Crippen LogP contribution in [0.4, 0.5) is 0 Å². The van der Waals surface area contributed by atoms with E-state index in [0.29, 0.717) is 16.6 Å². The molecule has 0 spiro atoms. The average Bonchev–Trinajstić information content (AvgIpc) is 2.89. The van der Waals surface area contributed by atoms with Gasteiger partial charge in [-0.3, -0.25) is 14.3 Å². The minimum Gasteiger partial charge on any atom is -0.502 e. The molecule has 1 aromatic heterocycles. The summed E-state index contributed by atoms with van der Waals surface area (Å²) in [4.78, 5) is 26.4. The summed E-state index contributed by atoms with van der Waals surface area (Å²) in [6, 6.07) is 11.4. The normalized spacial score (nSPS) is 18.2. The molecule has 1 amide bonds. The number of aromatic nitrogens is 2. The Hall–Kier alpha value is -2.83. The molecule has 31 heavy (non-hydrogen) atoms. The highest BCUT2D eigenvalue weighted by molar-refractivity contribution is 6.31. The number of nitrogens with zero attached hydrogens (tertiary/aromatic N) is 3. The van der Waals surface area contributed by atoms with E-state index in [1.807, 2.05) is 36.4 Å². The van der Waals surface area contributed by atoms with E-state index in [-0.39, 0.29) is 17.7 Å². The summed E-state index contributed by atoms with van der Waals surface area (Å²) in [5, 5.41) is 15.9. The summed E-state index contributed by atoms with van der Waals surface area (Å²) in [5.74, 6) is -1.25. The van der Waals surface area contributed by atoms with Gasteiger partial charge in [0, 0.05) is 29.6 Å². The van der Waals surface area contributed by atoms with Crippen molar-refractivity contribution in [2.45, 2.75) is 24.8 Å². The number of aromatic hydroxyl groups is 1. The van der Waals surface area contributed by atoms with Gasteiger partial charge >= 0.3 is 0 Å². The molecule has 0 saturated carbocycles. The Bertz CT molecular complexity index is 1230. The number of carbonyl (C=O) groups excluding carboxylic acids is 1. The Labute approximate surface area is 188 Å². The van der Waals surface area contributed by atoms with E-state index in [1.54, 1.807) is 7.05 Å². The maximum Gasteiger partial charge on any atom is 0.275 e. The summed E-state index contributed by atoms with van der Waals surface area (Å²) >= 11 is 12.8. The van der Waals surface area contributed by atoms with Crippen molar-refractivity contribution in [3.8, 4) is 5.75 Å². The number of hydrogen-bond acceptors (Lipinski definition) is 4. The molecule has 0 bridgehead atoms. The molecule has 158 valence electrons. The van der Waals surface area contributed by atoms with Crippen LogP contribution in [-0.2, 0) is 12.8 Å². The molecule has 2 heterocycles. The lowest BCUT2D eigenvalue weighted by Gasteiger charge is -2.38. The number of hydrogen-bond donors (Lipinski definition) is 1. The molecule has 1 N–H and O–H groups in total. The van der Waals surface area contributed by atoms with E-state index in [4.69, 9.17) is 23.2 Å². The molecule has 6 nitrogen and oxygen atoms in total. The topological polar surface area (TPSA) is 75.4 Å². The molecule has 0 saturated heterocycles. The van der Waals surface area contributed by atoms with Gasteiger partial charge < -0.3 is 10.0 Å². The van der Waals surface area contributed by atoms with E-state index in [0.717, 1.165) is 41.3 Å². The van der Waals surface area contributed by atoms with Crippen molar-refractivity contribution in [1.29, 1.82) is 0 Å². The van der Waals surface area contributed by atoms with Crippen LogP contribution in [0.3, 0.4) is 0 Å². The van der Waals surface area contributed by atoms with Gasteiger partial charge in [-0.15, -0.1) is 0 Å². The molecule has 0 unspecified atom stereocenters. The monoisotopic (exact) mass is 455 g/mol. The van der Waals surface area contributed by atoms with Crippen LogP contribution in [0.2, 0.25) is 10.0 Å². The number of carbonyl (C=O) groups is 1. The fourth-order valence-corrected chi connectivity index (χ4v) is 5.16. The second-order valence-corrected chi connectivity index (χ2v) is 8.94. The van der Waals surface area contributed by atoms with Crippen LogP contribution in [0.1, 0.15) is 44.7 Å². The van der Waals surface area contributed by atoms with E-state index < -0.39 is 17.1 Å². The number of fused-ring (bicyclic) bond motifs is 3. The first-order chi connectivity index (χ1) is 14.8. The van der Waals surface area contributed by atoms with Crippen molar-refractivity contribution in [2.24, 2.45) is 0 Å². The standard InChI is InChI=1S/C23H19Cl2N3O3/c1-27-11-18(28-21(23(27)31)22(30)19(29)10-26-28)20-16-8-14(24)6-4-12(16)2-3-13-5-7-15(25)9-17(13)20/h4-10,18,20,30H,2-3,11H2,1H3/t18-/m1/s1. The zero-order chi connectivity index (χ0) is 21.9. The van der Waals surface area contributed by atoms with Gasteiger partial charge in [0.25, 0.3) is 5.91 Å². The van der Waals surface area contributed by atoms with Crippen molar-refractivity contribution in [3.05, 3.63) is 90.8 Å². The number of amides is 1. The SMILES string of the molecule is CN1C[C@H](C2c3cc(Cl)ccc3CCc3ccc(Cl)cc32)n2ncc(=O)c(O)c2C1=O. The summed E-state index contributed by atoms with van der Waals surface area (Å²) in [6.45, 7) is 0.351. The van der Waals surface area contributed by atoms with Crippen molar-refractivity contribution < 1.29 is 9.90 Å². The zero-order valence-corrected chi connectivity index (χ0v) is 18.2. The van der Waals surface area contributed by atoms with Crippen LogP contribution < -0.4 is 5.43 Å². The Morgan fingerprint density at radius 3 is 2.16 bits per heavy atom. The minimum atomic E-state index is -0.679. The third-order valence-corrected chi connectivity index (χ3v) is 6.72. The molecule has 3 aromatic rings. The Kier molecular flexibility index (Phi) is 4.79. The lowest BCUT2D eigenvalue weighted by Crippen LogP contribution is -2.45. The lowest BCUT2D eigenvalue weighted by atomic mass is 9.81. The molecular weight excluding hydrogens is 437 g/mol. The second-order valence-electron chi connectivity index (χ2n) is 8.07. The maximum absolute atomic E-state index is 12.8. The highest BCUT2D eigenvalue weighted by Crippen LogP contribution is 2.44. The zero-order valence-electron chi connectivity index (χ0n) is 16.7. The van der Waals surface area contributed by atoms with Crippen molar-refractivity contribution in [2.75, 3.05) is 13.6 Å². The summed E-state index contributed by atoms with van der Waals surface area (Å²) in [7, 11) is 1.66. The first-order valence-electron chi connectivity index (χ1n) is 9.98. The molecule has 1 aliphatic carbocycles. The van der Waals surface area contributed by atoms with Gasteiger partial charge in [0.1, 0.15) is 0 Å². The van der Waals surface area contributed by atoms with Crippen molar-refractivity contribution in [3.63, 3.8) is 0 Å². The first kappa shape index (κ1) is 20.1. The van der Waals surface area contributed by atoms with E-state index >= 15 is 0 Å². The first-order valence-corrected chi connectivity index (χ1v) is 10.7. The minimum absolute atomic E-state index is 0.0948. The van der Waals surface area contributed by atoms with Crippen LogP contribution in [0.5, 0.6) is 5.75 Å². The quantitative estimate of drug-likeness (QED) is 0.605. The van der Waals surface area contributed by atoms with Gasteiger partial charge in [-0.05, 0) is 59.4 Å². The van der Waals surface area contributed by atoms with Gasteiger partial charge in [-0.2, -0.15) is 5.10 Å². The van der Waals surface area contributed by atoms with Crippen LogP contribution in [0.25, 0.3) is 0 Å². The Morgan fingerprint density at radius 2 is 1.58 bits per heavy atom. The molecule has 2 aromatic carbocycles. The molecule has 0 fully saturated rings. The van der Waals surface area contributed by atoms with Crippen LogP contribution in [0, 0.1) is 0 Å². The fourth-order valence-electron chi connectivity index (χ4n) is 4.80. The molecular formula is C23H19Cl2N3O3. The summed E-state index contributed by atoms with van der Waals surface area (Å²) in [5.41, 5.74) is 3.62. The average molecular weight is 456 g/mol. The molecule has 2 aliphatic rings. The van der Waals surface area contributed by atoms with Gasteiger partial charge in [0.2, 0.25) is 5.43 Å². The van der Waals surface area contributed by atoms with Crippen LogP contribution in [0.15, 0.2) is 47.4 Å². The second kappa shape index (κ2) is 7.39. The number of aryl methyl sites for hydroxylation is 2. The Morgan fingerprint density at radius 1 is 1.00 bits per heavy atom. The smallest absolute Gasteiger partial charge is 0.275 e. The van der Waals surface area contributed by atoms with Crippen LogP contribution in [-0.4, -0.2) is 39.3 Å². The molecule has 1 aliphatic heterocycles. The molecule has 0 radical (unpaired) electrons. The summed E-state index contributed by atoms with van der Waals surface area (Å²) < 4.78 is 1.49. The van der Waals surface area contributed by atoms with E-state index in [2.05, 4.69) is 5.10 Å². The van der Waals surface area contributed by atoms with Gasteiger partial charge in [0.15, 0.2) is 11.4 Å².